The van der Waals surface area contributed by atoms with Crippen molar-refractivity contribution in [1.29, 1.82) is 0 Å². The fraction of sp³-hybridized carbons (Fsp3) is 0. The Kier molecular flexibility index (Phi) is 3.51. The normalized spacial score (nSPS) is 11.4. The molecule has 0 aliphatic carbocycles. The highest BCUT2D eigenvalue weighted by Crippen LogP contribution is 2.24. The van der Waals surface area contributed by atoms with Gasteiger partial charge in [-0.25, -0.2) is 13.4 Å². The third-order valence-corrected chi connectivity index (χ3v) is 4.53. The van der Waals surface area contributed by atoms with Crippen LogP contribution in [0.3, 0.4) is 0 Å². The van der Waals surface area contributed by atoms with Gasteiger partial charge in [-0.2, -0.15) is 0 Å². The minimum atomic E-state index is -3.54. The van der Waals surface area contributed by atoms with E-state index >= 15 is 0 Å². The second-order valence-corrected chi connectivity index (χ2v) is 6.47. The average Bonchev–Trinajstić information content (AvgIpc) is 2.29. The molecule has 1 aromatic carbocycles. The number of hydrogen-bond acceptors (Lipinski definition) is 3. The van der Waals surface area contributed by atoms with Crippen molar-refractivity contribution in [3.63, 3.8) is 0 Å². The van der Waals surface area contributed by atoms with E-state index in [9.17, 15) is 8.42 Å². The van der Waals surface area contributed by atoms with Crippen LogP contribution in [0.4, 0.5) is 0 Å². The fourth-order valence-electron chi connectivity index (χ4n) is 1.32. The standard InChI is InChI=1S/C11H7BrClNO2S/c12-11-7-10(4-5-14-11)17(15,16)9-3-1-2-8(13)6-9/h1-7H. The molecule has 0 amide bonds. The highest BCUT2D eigenvalue weighted by molar-refractivity contribution is 9.10. The minimum Gasteiger partial charge on any atom is -0.249 e. The van der Waals surface area contributed by atoms with Crippen LogP contribution in [0.2, 0.25) is 5.02 Å². The summed E-state index contributed by atoms with van der Waals surface area (Å²) in [6, 6.07) is 9.06. The fourth-order valence-corrected chi connectivity index (χ4v) is 3.41. The maximum absolute atomic E-state index is 12.2. The first-order valence-electron chi connectivity index (χ1n) is 4.62. The van der Waals surface area contributed by atoms with E-state index in [1.165, 1.54) is 30.5 Å². The summed E-state index contributed by atoms with van der Waals surface area (Å²) in [6.07, 6.45) is 1.43. The molecule has 2 rings (SSSR count). The summed E-state index contributed by atoms with van der Waals surface area (Å²) in [5.41, 5.74) is 0. The van der Waals surface area contributed by atoms with Gasteiger partial charge in [0.2, 0.25) is 9.84 Å². The van der Waals surface area contributed by atoms with Gasteiger partial charge in [0.05, 0.1) is 9.79 Å². The van der Waals surface area contributed by atoms with Gasteiger partial charge in [0, 0.05) is 11.2 Å². The number of pyridine rings is 1. The summed E-state index contributed by atoms with van der Waals surface area (Å²) in [6.45, 7) is 0. The van der Waals surface area contributed by atoms with Crippen molar-refractivity contribution in [2.75, 3.05) is 0 Å². The Morgan fingerprint density at radius 1 is 1.12 bits per heavy atom. The maximum Gasteiger partial charge on any atom is 0.206 e. The number of hydrogen-bond donors (Lipinski definition) is 0. The molecule has 17 heavy (non-hydrogen) atoms. The van der Waals surface area contributed by atoms with Crippen molar-refractivity contribution in [2.45, 2.75) is 9.79 Å². The zero-order valence-electron chi connectivity index (χ0n) is 8.47. The molecule has 0 bridgehead atoms. The highest BCUT2D eigenvalue weighted by atomic mass is 79.9. The van der Waals surface area contributed by atoms with Crippen LogP contribution in [0.1, 0.15) is 0 Å². The van der Waals surface area contributed by atoms with Gasteiger partial charge in [0.25, 0.3) is 0 Å². The van der Waals surface area contributed by atoms with Crippen LogP contribution < -0.4 is 0 Å². The van der Waals surface area contributed by atoms with Gasteiger partial charge in [-0.3, -0.25) is 0 Å². The first kappa shape index (κ1) is 12.5. The molecule has 0 aliphatic rings. The van der Waals surface area contributed by atoms with E-state index in [-0.39, 0.29) is 9.79 Å². The van der Waals surface area contributed by atoms with Crippen LogP contribution in [-0.4, -0.2) is 13.4 Å². The van der Waals surface area contributed by atoms with Gasteiger partial charge < -0.3 is 0 Å². The van der Waals surface area contributed by atoms with Crippen molar-refractivity contribution < 1.29 is 8.42 Å². The SMILES string of the molecule is O=S(=O)(c1cccc(Cl)c1)c1ccnc(Br)c1. The molecular weight excluding hydrogens is 326 g/mol. The van der Waals surface area contributed by atoms with Crippen molar-refractivity contribution >= 4 is 37.4 Å². The second-order valence-electron chi connectivity index (χ2n) is 3.28. The number of sulfone groups is 1. The van der Waals surface area contributed by atoms with Crippen molar-refractivity contribution in [3.05, 3.63) is 52.2 Å². The molecule has 0 unspecified atom stereocenters. The third kappa shape index (κ3) is 2.68. The lowest BCUT2D eigenvalue weighted by Crippen LogP contribution is -2.02. The molecule has 0 aliphatic heterocycles. The topological polar surface area (TPSA) is 47.0 Å². The Balaban J connectivity index is 2.58. The van der Waals surface area contributed by atoms with Gasteiger partial charge in [-0.15, -0.1) is 0 Å². The maximum atomic E-state index is 12.2. The van der Waals surface area contributed by atoms with E-state index in [1.54, 1.807) is 12.1 Å². The lowest BCUT2D eigenvalue weighted by atomic mass is 10.4. The number of benzene rings is 1. The number of nitrogens with zero attached hydrogens (tertiary/aromatic N) is 1. The molecule has 0 N–H and O–H groups in total. The summed E-state index contributed by atoms with van der Waals surface area (Å²) in [7, 11) is -3.54. The van der Waals surface area contributed by atoms with Gasteiger partial charge in [0.15, 0.2) is 0 Å². The number of aromatic nitrogens is 1. The van der Waals surface area contributed by atoms with Crippen LogP contribution in [0, 0.1) is 0 Å². The third-order valence-electron chi connectivity index (χ3n) is 2.11. The quantitative estimate of drug-likeness (QED) is 0.793. The van der Waals surface area contributed by atoms with E-state index in [2.05, 4.69) is 20.9 Å². The van der Waals surface area contributed by atoms with Crippen LogP contribution in [0.25, 0.3) is 0 Å². The summed E-state index contributed by atoms with van der Waals surface area (Å²) in [5, 5.41) is 0.388. The molecule has 0 spiro atoms. The van der Waals surface area contributed by atoms with Crippen molar-refractivity contribution in [2.24, 2.45) is 0 Å². The van der Waals surface area contributed by atoms with Crippen LogP contribution >= 0.6 is 27.5 Å². The smallest absolute Gasteiger partial charge is 0.206 e. The first-order chi connectivity index (χ1) is 8.00. The average molecular weight is 333 g/mol. The van der Waals surface area contributed by atoms with E-state index in [1.807, 2.05) is 0 Å². The van der Waals surface area contributed by atoms with Crippen LogP contribution in [0.15, 0.2) is 57.0 Å². The molecule has 3 nitrogen and oxygen atoms in total. The summed E-state index contributed by atoms with van der Waals surface area (Å²) < 4.78 is 24.9. The van der Waals surface area contributed by atoms with Crippen LogP contribution in [-0.2, 0) is 9.84 Å². The molecule has 88 valence electrons. The summed E-state index contributed by atoms with van der Waals surface area (Å²) >= 11 is 8.92. The minimum absolute atomic E-state index is 0.170. The lowest BCUT2D eigenvalue weighted by Gasteiger charge is -2.04. The molecule has 0 fully saturated rings. The predicted octanol–water partition coefficient (Wildman–Crippen LogP) is 3.33. The Labute approximate surface area is 113 Å². The molecule has 0 atom stereocenters. The molecule has 1 heterocycles. The van der Waals surface area contributed by atoms with E-state index < -0.39 is 9.84 Å². The van der Waals surface area contributed by atoms with Gasteiger partial charge in [-0.05, 0) is 46.3 Å². The molecule has 0 saturated heterocycles. The van der Waals surface area contributed by atoms with Crippen LogP contribution in [0.5, 0.6) is 0 Å². The molecule has 0 saturated carbocycles. The summed E-state index contributed by atoms with van der Waals surface area (Å²) in [4.78, 5) is 4.24. The monoisotopic (exact) mass is 331 g/mol. The number of halogens is 2. The zero-order valence-corrected chi connectivity index (χ0v) is 11.6. The molecule has 6 heteroatoms. The van der Waals surface area contributed by atoms with E-state index in [4.69, 9.17) is 11.6 Å². The predicted molar refractivity (Wildman–Crippen MR) is 68.8 cm³/mol. The largest absolute Gasteiger partial charge is 0.249 e. The van der Waals surface area contributed by atoms with Gasteiger partial charge in [0.1, 0.15) is 4.60 Å². The molecule has 1 aromatic heterocycles. The van der Waals surface area contributed by atoms with E-state index in [0.29, 0.717) is 9.63 Å². The number of rotatable bonds is 2. The van der Waals surface area contributed by atoms with E-state index in [0.717, 1.165) is 0 Å². The Morgan fingerprint density at radius 2 is 1.82 bits per heavy atom. The van der Waals surface area contributed by atoms with Crippen molar-refractivity contribution in [3.8, 4) is 0 Å². The Bertz CT molecular complexity index is 607. The lowest BCUT2D eigenvalue weighted by molar-refractivity contribution is 0.596. The first-order valence-corrected chi connectivity index (χ1v) is 7.28. The highest BCUT2D eigenvalue weighted by Gasteiger charge is 2.18. The zero-order chi connectivity index (χ0) is 12.5. The molecule has 0 radical (unpaired) electrons. The Morgan fingerprint density at radius 3 is 2.47 bits per heavy atom. The summed E-state index contributed by atoms with van der Waals surface area (Å²) in [5.74, 6) is 0. The second kappa shape index (κ2) is 4.76. The molecule has 2 aromatic rings. The Hall–Kier alpha value is -0.910. The molecular formula is C11H7BrClNO2S. The van der Waals surface area contributed by atoms with Crippen molar-refractivity contribution in [1.82, 2.24) is 4.98 Å². The van der Waals surface area contributed by atoms with Gasteiger partial charge in [-0.1, -0.05) is 17.7 Å². The van der Waals surface area contributed by atoms with Gasteiger partial charge >= 0.3 is 0 Å².